The number of hydrogen-bond donors (Lipinski definition) is 3. The van der Waals surface area contributed by atoms with Crippen LogP contribution in [0, 0.1) is 0 Å². The van der Waals surface area contributed by atoms with E-state index in [-0.39, 0.29) is 15.7 Å². The van der Waals surface area contributed by atoms with Crippen molar-refractivity contribution in [2.24, 2.45) is 5.73 Å². The monoisotopic (exact) mass is 390 g/mol. The highest BCUT2D eigenvalue weighted by Crippen LogP contribution is 2.27. The van der Waals surface area contributed by atoms with Gasteiger partial charge in [-0.3, -0.25) is 4.79 Å². The van der Waals surface area contributed by atoms with Crippen molar-refractivity contribution in [3.63, 3.8) is 0 Å². The van der Waals surface area contributed by atoms with Crippen molar-refractivity contribution < 1.29 is 17.9 Å². The van der Waals surface area contributed by atoms with Gasteiger partial charge in [-0.2, -0.15) is 0 Å². The maximum absolute atomic E-state index is 12.5. The van der Waals surface area contributed by atoms with E-state index >= 15 is 0 Å². The molecule has 0 saturated carbocycles. The molecule has 0 radical (unpaired) electrons. The fraction of sp³-hybridized carbons (Fsp3) is 0.533. The van der Waals surface area contributed by atoms with E-state index in [9.17, 15) is 13.2 Å². The van der Waals surface area contributed by atoms with E-state index in [0.29, 0.717) is 13.0 Å². The van der Waals surface area contributed by atoms with Crippen molar-refractivity contribution in [3.05, 3.63) is 23.2 Å². The molecule has 1 aromatic rings. The number of carbonyl (C=O) groups excluding carboxylic acids is 1. The number of carbonyl (C=O) groups is 1. The lowest BCUT2D eigenvalue weighted by Crippen LogP contribution is -2.44. The van der Waals surface area contributed by atoms with Gasteiger partial charge in [0.2, 0.25) is 10.0 Å². The number of amides is 1. The third-order valence-electron chi connectivity index (χ3n) is 3.72. The van der Waals surface area contributed by atoms with Crippen molar-refractivity contribution in [1.29, 1.82) is 0 Å². The van der Waals surface area contributed by atoms with E-state index in [4.69, 9.17) is 22.1 Å². The molecule has 0 spiro atoms. The molecule has 1 aromatic carbocycles. The van der Waals surface area contributed by atoms with Gasteiger partial charge in [0.05, 0.1) is 0 Å². The molecule has 2 rings (SSSR count). The van der Waals surface area contributed by atoms with Crippen molar-refractivity contribution >= 4 is 27.5 Å². The molecule has 10 heteroatoms. The Bertz CT molecular complexity index is 693. The lowest BCUT2D eigenvalue weighted by Gasteiger charge is -2.27. The lowest BCUT2D eigenvalue weighted by atomic mass is 10.3. The Labute approximate surface area is 152 Å². The van der Waals surface area contributed by atoms with E-state index in [1.165, 1.54) is 18.2 Å². The molecule has 1 amide bonds. The molecule has 0 aromatic heterocycles. The Morgan fingerprint density at radius 2 is 2.08 bits per heavy atom. The second kappa shape index (κ2) is 9.35. The highest BCUT2D eigenvalue weighted by Gasteiger charge is 2.20. The van der Waals surface area contributed by atoms with Crippen LogP contribution in [0.2, 0.25) is 5.02 Å². The van der Waals surface area contributed by atoms with Gasteiger partial charge in [-0.15, -0.1) is 0 Å². The molecule has 1 fully saturated rings. The summed E-state index contributed by atoms with van der Waals surface area (Å²) < 4.78 is 32.7. The van der Waals surface area contributed by atoms with Crippen LogP contribution in [-0.4, -0.2) is 65.1 Å². The molecule has 1 aliphatic rings. The zero-order chi connectivity index (χ0) is 18.3. The molecule has 0 unspecified atom stereocenters. The number of ether oxygens (including phenoxy) is 1. The lowest BCUT2D eigenvalue weighted by molar-refractivity contribution is -0.120. The van der Waals surface area contributed by atoms with Gasteiger partial charge in [0.15, 0.2) is 6.61 Å². The summed E-state index contributed by atoms with van der Waals surface area (Å²) in [6.07, 6.45) is 0.692. The maximum atomic E-state index is 12.5. The number of sulfonamides is 1. The highest BCUT2D eigenvalue weighted by atomic mass is 35.5. The number of nitrogens with zero attached hydrogens (tertiary/aromatic N) is 1. The standard InChI is InChI=1S/C15H23ClN4O4S/c16-12-2-3-13(24-11-15(17)21)14(10-12)25(22,23)19-4-1-7-20-8-5-18-6-9-20/h2-3,10,18-19H,1,4-9,11H2,(H2,17,21). The van der Waals surface area contributed by atoms with Gasteiger partial charge in [0.1, 0.15) is 10.6 Å². The average molecular weight is 391 g/mol. The quantitative estimate of drug-likeness (QED) is 0.502. The summed E-state index contributed by atoms with van der Waals surface area (Å²) in [5.74, 6) is -0.653. The third kappa shape index (κ3) is 6.44. The Kier molecular flexibility index (Phi) is 7.45. The van der Waals surface area contributed by atoms with Gasteiger partial charge in [0, 0.05) is 37.7 Å². The van der Waals surface area contributed by atoms with Crippen molar-refractivity contribution in [2.45, 2.75) is 11.3 Å². The summed E-state index contributed by atoms with van der Waals surface area (Å²) >= 11 is 5.90. The predicted octanol–water partition coefficient (Wildman–Crippen LogP) is -0.222. The average Bonchev–Trinajstić information content (AvgIpc) is 2.58. The summed E-state index contributed by atoms with van der Waals surface area (Å²) in [6, 6.07) is 4.18. The molecule has 25 heavy (non-hydrogen) atoms. The Morgan fingerprint density at radius 1 is 1.36 bits per heavy atom. The Balaban J connectivity index is 1.95. The molecule has 1 aliphatic heterocycles. The number of benzene rings is 1. The van der Waals surface area contributed by atoms with Gasteiger partial charge in [-0.05, 0) is 31.2 Å². The van der Waals surface area contributed by atoms with Crippen LogP contribution in [-0.2, 0) is 14.8 Å². The SMILES string of the molecule is NC(=O)COc1ccc(Cl)cc1S(=O)(=O)NCCCN1CCNCC1. The molecule has 4 N–H and O–H groups in total. The molecule has 1 heterocycles. The molecule has 8 nitrogen and oxygen atoms in total. The minimum atomic E-state index is -3.81. The normalized spacial score (nSPS) is 15.9. The van der Waals surface area contributed by atoms with Crippen LogP contribution in [0.25, 0.3) is 0 Å². The predicted molar refractivity (Wildman–Crippen MR) is 95.3 cm³/mol. The first-order valence-corrected chi connectivity index (χ1v) is 9.88. The number of primary amides is 1. The van der Waals surface area contributed by atoms with Crippen LogP contribution in [0.15, 0.2) is 23.1 Å². The number of halogens is 1. The number of rotatable bonds is 9. The number of nitrogens with one attached hydrogen (secondary N) is 2. The highest BCUT2D eigenvalue weighted by molar-refractivity contribution is 7.89. The van der Waals surface area contributed by atoms with Crippen molar-refractivity contribution in [1.82, 2.24) is 14.9 Å². The molecule has 0 aliphatic carbocycles. The first kappa shape index (κ1) is 19.9. The molecule has 1 saturated heterocycles. The van der Waals surface area contributed by atoms with Gasteiger partial charge in [-0.1, -0.05) is 11.6 Å². The van der Waals surface area contributed by atoms with Crippen molar-refractivity contribution in [2.75, 3.05) is 45.9 Å². The summed E-state index contributed by atoms with van der Waals surface area (Å²) in [4.78, 5) is 13.0. The minimum Gasteiger partial charge on any atom is -0.482 e. The van der Waals surface area contributed by atoms with Crippen LogP contribution < -0.4 is 20.5 Å². The number of piperazine rings is 1. The zero-order valence-electron chi connectivity index (χ0n) is 13.8. The van der Waals surface area contributed by atoms with Gasteiger partial charge < -0.3 is 20.7 Å². The van der Waals surface area contributed by atoms with E-state index in [1.54, 1.807) is 0 Å². The second-order valence-electron chi connectivity index (χ2n) is 5.69. The van der Waals surface area contributed by atoms with Crippen LogP contribution in [0.1, 0.15) is 6.42 Å². The molecular weight excluding hydrogens is 368 g/mol. The Hall–Kier alpha value is -1.39. The van der Waals surface area contributed by atoms with Crippen LogP contribution >= 0.6 is 11.6 Å². The fourth-order valence-corrected chi connectivity index (χ4v) is 3.96. The van der Waals surface area contributed by atoms with Gasteiger partial charge in [0.25, 0.3) is 5.91 Å². The molecule has 140 valence electrons. The summed E-state index contributed by atoms with van der Waals surface area (Å²) in [5, 5.41) is 3.53. The summed E-state index contributed by atoms with van der Waals surface area (Å²) in [6.45, 7) is 4.55. The Morgan fingerprint density at radius 3 is 2.76 bits per heavy atom. The first-order chi connectivity index (χ1) is 11.9. The van der Waals surface area contributed by atoms with Crippen molar-refractivity contribution in [3.8, 4) is 5.75 Å². The van der Waals surface area contributed by atoms with E-state index in [0.717, 1.165) is 32.7 Å². The van der Waals surface area contributed by atoms with E-state index in [2.05, 4.69) is 14.9 Å². The van der Waals surface area contributed by atoms with E-state index in [1.807, 2.05) is 0 Å². The number of hydrogen-bond acceptors (Lipinski definition) is 6. The topological polar surface area (TPSA) is 114 Å². The first-order valence-electron chi connectivity index (χ1n) is 8.02. The third-order valence-corrected chi connectivity index (χ3v) is 5.44. The molecule has 0 atom stereocenters. The number of nitrogens with two attached hydrogens (primary N) is 1. The van der Waals surface area contributed by atoms with E-state index < -0.39 is 22.5 Å². The van der Waals surface area contributed by atoms with Crippen LogP contribution in [0.3, 0.4) is 0 Å². The fourth-order valence-electron chi connectivity index (χ4n) is 2.48. The van der Waals surface area contributed by atoms with Gasteiger partial charge in [-0.25, -0.2) is 13.1 Å². The summed E-state index contributed by atoms with van der Waals surface area (Å²) in [7, 11) is -3.81. The maximum Gasteiger partial charge on any atom is 0.255 e. The summed E-state index contributed by atoms with van der Waals surface area (Å²) in [5.41, 5.74) is 5.03. The zero-order valence-corrected chi connectivity index (χ0v) is 15.4. The second-order valence-corrected chi connectivity index (χ2v) is 7.86. The minimum absolute atomic E-state index is 0.0396. The van der Waals surface area contributed by atoms with Crippen LogP contribution in [0.4, 0.5) is 0 Å². The van der Waals surface area contributed by atoms with Crippen LogP contribution in [0.5, 0.6) is 5.75 Å². The molecular formula is C15H23ClN4O4S. The smallest absolute Gasteiger partial charge is 0.255 e. The van der Waals surface area contributed by atoms with Gasteiger partial charge >= 0.3 is 0 Å². The molecule has 0 bridgehead atoms. The largest absolute Gasteiger partial charge is 0.482 e.